The third kappa shape index (κ3) is 8.48. The average molecular weight is 537 g/mol. The lowest BCUT2D eigenvalue weighted by Crippen LogP contribution is -2.60. The minimum absolute atomic E-state index is 0.00728. The fourth-order valence-electron chi connectivity index (χ4n) is 3.54. The first-order valence-electron chi connectivity index (χ1n) is 11.5. The highest BCUT2D eigenvalue weighted by atomic mass is 32.1. The number of thiol groups is 1. The molecule has 0 fully saturated rings. The number of nitrogens with two attached hydrogens (primary N) is 2. The Morgan fingerprint density at radius 3 is 2.27 bits per heavy atom. The summed E-state index contributed by atoms with van der Waals surface area (Å²) in [6, 6.07) is 2.05. The number of benzene rings is 1. The highest BCUT2D eigenvalue weighted by Gasteiger charge is 2.33. The van der Waals surface area contributed by atoms with Crippen LogP contribution in [0.25, 0.3) is 10.9 Å². The number of para-hydroxylation sites is 1. The SMILES string of the molecule is CC(O)C(NC(=O)C(Cc1c[nH]c2ccccc12)NC(=O)C(N)CCC(N)=O)C(=O)NC(CS)C(=O)O. The predicted octanol–water partition coefficient (Wildman–Crippen LogP) is -1.85. The molecular formula is C23H32N6O7S. The number of rotatable bonds is 14. The van der Waals surface area contributed by atoms with Crippen molar-refractivity contribution in [3.8, 4) is 0 Å². The largest absolute Gasteiger partial charge is 0.480 e. The van der Waals surface area contributed by atoms with E-state index in [0.717, 1.165) is 10.9 Å². The van der Waals surface area contributed by atoms with Gasteiger partial charge < -0.3 is 42.6 Å². The molecule has 2 aromatic rings. The van der Waals surface area contributed by atoms with E-state index in [0.29, 0.717) is 5.56 Å². The molecule has 37 heavy (non-hydrogen) atoms. The molecule has 0 spiro atoms. The molecule has 1 heterocycles. The first-order chi connectivity index (χ1) is 17.4. The number of carbonyl (C=O) groups excluding carboxylic acids is 4. The van der Waals surface area contributed by atoms with Gasteiger partial charge in [0.05, 0.1) is 12.1 Å². The van der Waals surface area contributed by atoms with Crippen molar-refractivity contribution in [1.29, 1.82) is 0 Å². The van der Waals surface area contributed by atoms with Crippen molar-refractivity contribution in [2.45, 2.75) is 56.5 Å². The smallest absolute Gasteiger partial charge is 0.327 e. The second-order valence-electron chi connectivity index (χ2n) is 8.55. The second kappa shape index (κ2) is 13.6. The third-order valence-electron chi connectivity index (χ3n) is 5.63. The summed E-state index contributed by atoms with van der Waals surface area (Å²) < 4.78 is 0. The summed E-state index contributed by atoms with van der Waals surface area (Å²) in [7, 11) is 0. The standard InChI is InChI=1S/C23H32N6O7S/c1-11(30)19(22(34)28-17(10-37)23(35)36)29-21(33)16(27-20(32)14(24)6-7-18(25)31)8-12-9-26-15-5-3-2-4-13(12)15/h2-5,9,11,14,16-17,19,26,30,37H,6-8,10,24H2,1H3,(H2,25,31)(H,27,32)(H,28,34)(H,29,33)(H,35,36). The van der Waals surface area contributed by atoms with Gasteiger partial charge in [-0.15, -0.1) is 0 Å². The van der Waals surface area contributed by atoms with Gasteiger partial charge in [0, 0.05) is 35.7 Å². The number of hydrogen-bond donors (Lipinski definition) is 9. The fourth-order valence-corrected chi connectivity index (χ4v) is 3.79. The van der Waals surface area contributed by atoms with Gasteiger partial charge in [-0.2, -0.15) is 12.6 Å². The van der Waals surface area contributed by atoms with E-state index in [1.807, 2.05) is 18.2 Å². The predicted molar refractivity (Wildman–Crippen MR) is 137 cm³/mol. The number of nitrogens with one attached hydrogen (secondary N) is 4. The molecule has 10 N–H and O–H groups in total. The molecule has 0 bridgehead atoms. The van der Waals surface area contributed by atoms with Crippen LogP contribution in [0, 0.1) is 0 Å². The van der Waals surface area contributed by atoms with Crippen molar-refractivity contribution in [1.82, 2.24) is 20.9 Å². The highest BCUT2D eigenvalue weighted by Crippen LogP contribution is 2.19. The highest BCUT2D eigenvalue weighted by molar-refractivity contribution is 7.80. The number of amides is 4. The Morgan fingerprint density at radius 1 is 1.03 bits per heavy atom. The number of carbonyl (C=O) groups is 5. The summed E-state index contributed by atoms with van der Waals surface area (Å²) >= 11 is 3.88. The number of carboxylic acids is 1. The van der Waals surface area contributed by atoms with Crippen LogP contribution in [0.3, 0.4) is 0 Å². The van der Waals surface area contributed by atoms with E-state index >= 15 is 0 Å². The van der Waals surface area contributed by atoms with Crippen LogP contribution in [-0.4, -0.2) is 80.8 Å². The second-order valence-corrected chi connectivity index (χ2v) is 8.91. The van der Waals surface area contributed by atoms with Gasteiger partial charge in [-0.1, -0.05) is 18.2 Å². The van der Waals surface area contributed by atoms with E-state index in [9.17, 15) is 29.1 Å². The molecule has 1 aromatic heterocycles. The number of aromatic amines is 1. The number of primary amides is 1. The molecule has 202 valence electrons. The molecule has 5 unspecified atom stereocenters. The molecule has 1 aromatic carbocycles. The zero-order valence-corrected chi connectivity index (χ0v) is 21.0. The van der Waals surface area contributed by atoms with Gasteiger partial charge in [0.25, 0.3) is 0 Å². The normalized spacial score (nSPS) is 15.1. The Balaban J connectivity index is 2.27. The quantitative estimate of drug-likeness (QED) is 0.124. The van der Waals surface area contributed by atoms with E-state index in [1.54, 1.807) is 12.3 Å². The lowest BCUT2D eigenvalue weighted by atomic mass is 10.0. The van der Waals surface area contributed by atoms with Crippen LogP contribution in [0.15, 0.2) is 30.5 Å². The minimum atomic E-state index is -1.53. The van der Waals surface area contributed by atoms with Crippen molar-refractivity contribution < 1.29 is 34.2 Å². The number of aliphatic carboxylic acids is 1. The summed E-state index contributed by atoms with van der Waals surface area (Å²) in [6.45, 7) is 1.24. The van der Waals surface area contributed by atoms with E-state index in [1.165, 1.54) is 6.92 Å². The van der Waals surface area contributed by atoms with Crippen molar-refractivity contribution in [3.63, 3.8) is 0 Å². The summed E-state index contributed by atoms with van der Waals surface area (Å²) in [4.78, 5) is 64.0. The van der Waals surface area contributed by atoms with Crippen LogP contribution in [0.5, 0.6) is 0 Å². The fraction of sp³-hybridized carbons (Fsp3) is 0.435. The molecule has 2 rings (SSSR count). The molecule has 0 radical (unpaired) electrons. The molecule has 0 saturated heterocycles. The molecular weight excluding hydrogens is 504 g/mol. The van der Waals surface area contributed by atoms with Crippen LogP contribution in [0.4, 0.5) is 0 Å². The van der Waals surface area contributed by atoms with Gasteiger partial charge >= 0.3 is 5.97 Å². The lowest BCUT2D eigenvalue weighted by molar-refractivity contribution is -0.142. The summed E-state index contributed by atoms with van der Waals surface area (Å²) in [5.41, 5.74) is 12.4. The Kier molecular flexibility index (Phi) is 10.9. The minimum Gasteiger partial charge on any atom is -0.480 e. The van der Waals surface area contributed by atoms with Gasteiger partial charge in [-0.25, -0.2) is 4.79 Å². The topological polar surface area (TPSA) is 230 Å². The monoisotopic (exact) mass is 536 g/mol. The van der Waals surface area contributed by atoms with Crippen molar-refractivity contribution in [3.05, 3.63) is 36.0 Å². The Morgan fingerprint density at radius 2 is 1.68 bits per heavy atom. The summed E-state index contributed by atoms with van der Waals surface area (Å²) in [5, 5.41) is 27.2. The lowest BCUT2D eigenvalue weighted by Gasteiger charge is -2.26. The van der Waals surface area contributed by atoms with Crippen molar-refractivity contribution in [2.75, 3.05) is 5.75 Å². The van der Waals surface area contributed by atoms with Crippen LogP contribution in [-0.2, 0) is 30.4 Å². The number of aliphatic hydroxyl groups is 1. The summed E-state index contributed by atoms with van der Waals surface area (Å²) in [6.07, 6.45) is 0.0932. The van der Waals surface area contributed by atoms with Crippen molar-refractivity contribution in [2.24, 2.45) is 11.5 Å². The van der Waals surface area contributed by atoms with Crippen LogP contribution in [0.2, 0.25) is 0 Å². The maximum atomic E-state index is 13.3. The first-order valence-corrected chi connectivity index (χ1v) is 12.1. The van der Waals surface area contributed by atoms with Gasteiger partial charge in [-0.3, -0.25) is 19.2 Å². The van der Waals surface area contributed by atoms with Gasteiger partial charge in [0.2, 0.25) is 23.6 Å². The molecule has 14 heteroatoms. The third-order valence-corrected chi connectivity index (χ3v) is 6.00. The molecule has 5 atom stereocenters. The van der Waals surface area contributed by atoms with E-state index in [2.05, 4.69) is 33.6 Å². The molecule has 13 nitrogen and oxygen atoms in total. The number of hydrogen-bond acceptors (Lipinski definition) is 8. The van der Waals surface area contributed by atoms with E-state index < -0.39 is 59.9 Å². The number of carboxylic acid groups (broad SMARTS) is 1. The molecule has 0 aliphatic heterocycles. The zero-order valence-electron chi connectivity index (χ0n) is 20.1. The average Bonchev–Trinajstić information content (AvgIpc) is 3.25. The number of aliphatic hydroxyl groups excluding tert-OH is 1. The molecule has 4 amide bonds. The summed E-state index contributed by atoms with van der Waals surface area (Å²) in [5.74, 6) is -4.68. The maximum Gasteiger partial charge on any atom is 0.327 e. The van der Waals surface area contributed by atoms with Crippen LogP contribution in [0.1, 0.15) is 25.3 Å². The maximum absolute atomic E-state index is 13.3. The van der Waals surface area contributed by atoms with E-state index in [4.69, 9.17) is 16.6 Å². The van der Waals surface area contributed by atoms with Gasteiger partial charge in [0.1, 0.15) is 18.1 Å². The zero-order chi connectivity index (χ0) is 27.7. The molecule has 0 aliphatic carbocycles. The molecule has 0 saturated carbocycles. The Bertz CT molecular complexity index is 1140. The number of fused-ring (bicyclic) bond motifs is 1. The number of H-pyrrole nitrogens is 1. The van der Waals surface area contributed by atoms with Crippen molar-refractivity contribution >= 4 is 53.1 Å². The van der Waals surface area contributed by atoms with Crippen LogP contribution >= 0.6 is 12.6 Å². The van der Waals surface area contributed by atoms with Gasteiger partial charge in [-0.05, 0) is 25.0 Å². The first kappa shape index (κ1) is 29.6. The van der Waals surface area contributed by atoms with Gasteiger partial charge in [0.15, 0.2) is 0 Å². The Labute approximate surface area is 218 Å². The van der Waals surface area contributed by atoms with Crippen LogP contribution < -0.4 is 27.4 Å². The molecule has 0 aliphatic rings. The number of aromatic nitrogens is 1. The Hall–Kier alpha value is -3.62. The van der Waals surface area contributed by atoms with E-state index in [-0.39, 0.29) is 25.0 Å².